The maximum Gasteiger partial charge on any atom is 0.0180 e. The third kappa shape index (κ3) is 5.29. The molecular formula is C11H14FU-. The molecule has 0 unspecified atom stereocenters. The molecule has 0 bridgehead atoms. The quantitative estimate of drug-likeness (QED) is 0.628. The third-order valence-electron chi connectivity index (χ3n) is 1.27. The molecule has 0 saturated heterocycles. The summed E-state index contributed by atoms with van der Waals surface area (Å²) in [5.74, 6) is -0.324. The number of rotatable bonds is 1. The number of hydrogen-bond acceptors (Lipinski definition) is 0. The van der Waals surface area contributed by atoms with Crippen LogP contribution >= 0.6 is 0 Å². The second-order valence-corrected chi connectivity index (χ2v) is 2.18. The molecule has 13 heavy (non-hydrogen) atoms. The van der Waals surface area contributed by atoms with Gasteiger partial charge in [-0.15, -0.1) is 18.2 Å². The summed E-state index contributed by atoms with van der Waals surface area (Å²) in [5, 5.41) is 0. The molecule has 0 aliphatic rings. The molecule has 0 radical (unpaired) electrons. The molecule has 0 amide bonds. The summed E-state index contributed by atoms with van der Waals surface area (Å²) in [6, 6.07) is 7.43. The summed E-state index contributed by atoms with van der Waals surface area (Å²) in [6.45, 7) is 9.40. The molecule has 0 N–H and O–H groups in total. The molecule has 0 aliphatic heterocycles. The van der Waals surface area contributed by atoms with Gasteiger partial charge in [0.05, 0.1) is 0 Å². The van der Waals surface area contributed by atoms with Gasteiger partial charge in [-0.2, -0.15) is 18.2 Å². The van der Waals surface area contributed by atoms with Crippen molar-refractivity contribution in [1.29, 1.82) is 0 Å². The number of halogens is 1. The fourth-order valence-electron chi connectivity index (χ4n) is 0.746. The Kier molecular flexibility index (Phi) is 10.1. The van der Waals surface area contributed by atoms with Crippen LogP contribution < -0.4 is 0 Å². The molecule has 0 aliphatic carbocycles. The Morgan fingerprint density at radius 3 is 2.31 bits per heavy atom. The molecule has 1 aromatic rings. The van der Waals surface area contributed by atoms with Gasteiger partial charge in [-0.3, -0.25) is 0 Å². The Hall–Kier alpha value is -0.0581. The average Bonchev–Trinajstić information content (AvgIpc) is 2.08. The molecule has 0 spiro atoms. The zero-order valence-electron chi connectivity index (χ0n) is 8.32. The van der Waals surface area contributed by atoms with E-state index >= 15 is 0 Å². The fourth-order valence-corrected chi connectivity index (χ4v) is 0.746. The minimum Gasteiger partial charge on any atom is -0.236 e. The Balaban J connectivity index is 0. The van der Waals surface area contributed by atoms with Gasteiger partial charge in [-0.25, -0.2) is 4.39 Å². The van der Waals surface area contributed by atoms with Gasteiger partial charge in [-0.1, -0.05) is 26.3 Å². The van der Waals surface area contributed by atoms with Crippen molar-refractivity contribution < 1.29 is 35.5 Å². The van der Waals surface area contributed by atoms with Gasteiger partial charge in [0.25, 0.3) is 0 Å². The van der Waals surface area contributed by atoms with Crippen LogP contribution in [0.15, 0.2) is 24.8 Å². The average molecular weight is 403 g/mol. The second kappa shape index (κ2) is 8.54. The van der Waals surface area contributed by atoms with E-state index in [9.17, 15) is 4.39 Å². The standard InChI is InChI=1S/C9H8F.C2H6.U/c1-7(2)8-5-3-4-6-9(8)10;1-2;/h3-5H,1H2,2H3;1-2H3;/q-1;;. The van der Waals surface area contributed by atoms with Crippen LogP contribution in [0.4, 0.5) is 4.39 Å². The number of benzene rings is 1. The van der Waals surface area contributed by atoms with Crippen LogP contribution in [0.25, 0.3) is 5.57 Å². The van der Waals surface area contributed by atoms with E-state index in [1.54, 1.807) is 25.1 Å². The van der Waals surface area contributed by atoms with Crippen molar-refractivity contribution in [2.45, 2.75) is 20.8 Å². The molecule has 0 fully saturated rings. The van der Waals surface area contributed by atoms with E-state index in [0.717, 1.165) is 5.57 Å². The fraction of sp³-hybridized carbons (Fsp3) is 0.273. The maximum absolute atomic E-state index is 12.7. The number of allylic oxidation sites excluding steroid dienone is 1. The molecule has 0 nitrogen and oxygen atoms in total. The van der Waals surface area contributed by atoms with E-state index < -0.39 is 0 Å². The monoisotopic (exact) mass is 403 g/mol. The van der Waals surface area contributed by atoms with Crippen molar-refractivity contribution >= 4 is 5.57 Å². The van der Waals surface area contributed by atoms with Gasteiger partial charge in [0.1, 0.15) is 0 Å². The van der Waals surface area contributed by atoms with Crippen molar-refractivity contribution in [3.8, 4) is 0 Å². The van der Waals surface area contributed by atoms with Crippen molar-refractivity contribution in [3.05, 3.63) is 42.2 Å². The minimum atomic E-state index is -0.324. The first-order valence-electron chi connectivity index (χ1n) is 4.04. The molecule has 0 saturated carbocycles. The van der Waals surface area contributed by atoms with Crippen LogP contribution in [0.5, 0.6) is 0 Å². The molecule has 1 aromatic carbocycles. The van der Waals surface area contributed by atoms with Gasteiger partial charge in [0, 0.05) is 36.9 Å². The number of hydrogen-bond donors (Lipinski definition) is 0. The smallest absolute Gasteiger partial charge is 0.0180 e. The van der Waals surface area contributed by atoms with Crippen LogP contribution in [0.1, 0.15) is 26.3 Å². The van der Waals surface area contributed by atoms with Crippen molar-refractivity contribution in [3.63, 3.8) is 0 Å². The van der Waals surface area contributed by atoms with E-state index in [-0.39, 0.29) is 36.9 Å². The van der Waals surface area contributed by atoms with E-state index in [2.05, 4.69) is 12.6 Å². The van der Waals surface area contributed by atoms with Crippen LogP contribution in [0, 0.1) is 43.0 Å². The van der Waals surface area contributed by atoms with Crippen LogP contribution in [0.2, 0.25) is 0 Å². The Labute approximate surface area is 104 Å². The molecule has 0 aromatic heterocycles. The van der Waals surface area contributed by atoms with Gasteiger partial charge in [0.15, 0.2) is 0 Å². The van der Waals surface area contributed by atoms with Crippen molar-refractivity contribution in [1.82, 2.24) is 0 Å². The Morgan fingerprint density at radius 2 is 2.00 bits per heavy atom. The summed E-state index contributed by atoms with van der Waals surface area (Å²) in [5.41, 5.74) is 1.27. The van der Waals surface area contributed by atoms with Crippen molar-refractivity contribution in [2.75, 3.05) is 0 Å². The van der Waals surface area contributed by atoms with Gasteiger partial charge < -0.3 is 0 Å². The van der Waals surface area contributed by atoms with E-state index in [1.807, 2.05) is 13.8 Å². The Bertz CT molecular complexity index is 256. The first-order valence-corrected chi connectivity index (χ1v) is 4.04. The molecule has 2 heteroatoms. The van der Waals surface area contributed by atoms with Gasteiger partial charge in [-0.05, 0) is 0 Å². The largest absolute Gasteiger partial charge is 0.236 e. The second-order valence-electron chi connectivity index (χ2n) is 2.18. The van der Waals surface area contributed by atoms with Gasteiger partial charge >= 0.3 is 0 Å². The van der Waals surface area contributed by atoms with Gasteiger partial charge in [0.2, 0.25) is 0 Å². The summed E-state index contributed by atoms with van der Waals surface area (Å²) in [4.78, 5) is 0. The summed E-state index contributed by atoms with van der Waals surface area (Å²) in [6.07, 6.45) is 0. The summed E-state index contributed by atoms with van der Waals surface area (Å²) < 4.78 is 12.7. The predicted octanol–water partition coefficient (Wildman–Crippen LogP) is 3.69. The predicted molar refractivity (Wildman–Crippen MR) is 51.3 cm³/mol. The molecular weight excluding hydrogens is 389 g/mol. The summed E-state index contributed by atoms with van der Waals surface area (Å²) >= 11 is 0. The third-order valence-corrected chi connectivity index (χ3v) is 1.27. The molecule has 0 atom stereocenters. The SMILES string of the molecule is C=C(C)c1ccc[c-]c1F.CC.[U]. The normalized spacial score (nSPS) is 7.69. The van der Waals surface area contributed by atoms with Crippen LogP contribution in [-0.4, -0.2) is 0 Å². The van der Waals surface area contributed by atoms with E-state index in [4.69, 9.17) is 0 Å². The van der Waals surface area contributed by atoms with Crippen LogP contribution in [0.3, 0.4) is 0 Å². The maximum atomic E-state index is 12.7. The molecule has 1 rings (SSSR count). The minimum absolute atomic E-state index is 0. The first-order chi connectivity index (χ1) is 5.72. The topological polar surface area (TPSA) is 0 Å². The van der Waals surface area contributed by atoms with E-state index in [0.29, 0.717) is 5.56 Å². The molecule has 70 valence electrons. The van der Waals surface area contributed by atoms with E-state index in [1.165, 1.54) is 0 Å². The first kappa shape index (κ1) is 15.4. The molecule has 0 heterocycles. The van der Waals surface area contributed by atoms with Crippen LogP contribution in [-0.2, 0) is 0 Å². The zero-order chi connectivity index (χ0) is 9.56. The zero-order valence-corrected chi connectivity index (χ0v) is 12.5. The van der Waals surface area contributed by atoms with Crippen molar-refractivity contribution in [2.24, 2.45) is 0 Å². The Morgan fingerprint density at radius 1 is 1.46 bits per heavy atom. The summed E-state index contributed by atoms with van der Waals surface area (Å²) in [7, 11) is 0.